The van der Waals surface area contributed by atoms with E-state index in [4.69, 9.17) is 10.5 Å². The summed E-state index contributed by atoms with van der Waals surface area (Å²) < 4.78 is 5.82. The van der Waals surface area contributed by atoms with Gasteiger partial charge >= 0.3 is 0 Å². The molecule has 0 aromatic carbocycles. The van der Waals surface area contributed by atoms with Crippen LogP contribution in [0.25, 0.3) is 0 Å². The molecule has 1 aliphatic heterocycles. The van der Waals surface area contributed by atoms with Crippen molar-refractivity contribution in [2.24, 2.45) is 17.6 Å². The van der Waals surface area contributed by atoms with E-state index in [2.05, 4.69) is 23.6 Å². The van der Waals surface area contributed by atoms with Crippen LogP contribution in [0, 0.1) is 11.8 Å². The van der Waals surface area contributed by atoms with Crippen LogP contribution >= 0.6 is 0 Å². The molecule has 0 spiro atoms. The van der Waals surface area contributed by atoms with E-state index in [0.29, 0.717) is 6.10 Å². The third kappa shape index (κ3) is 9.28. The number of rotatable bonds is 7. The Balaban J connectivity index is 0.000000379. The van der Waals surface area contributed by atoms with Crippen LogP contribution in [0.2, 0.25) is 0 Å². The smallest absolute Gasteiger partial charge is 0.219 e. The van der Waals surface area contributed by atoms with Gasteiger partial charge in [-0.2, -0.15) is 0 Å². The summed E-state index contributed by atoms with van der Waals surface area (Å²) in [6, 6.07) is 0. The third-order valence-corrected chi connectivity index (χ3v) is 4.47. The molecule has 0 aromatic heterocycles. The molecule has 0 radical (unpaired) electrons. The van der Waals surface area contributed by atoms with E-state index >= 15 is 0 Å². The average Bonchev–Trinajstić information content (AvgIpc) is 2.43. The van der Waals surface area contributed by atoms with Crippen LogP contribution in [0.5, 0.6) is 0 Å². The van der Waals surface area contributed by atoms with Crippen LogP contribution in [0.1, 0.15) is 47.0 Å². The van der Waals surface area contributed by atoms with E-state index in [-0.39, 0.29) is 11.8 Å². The summed E-state index contributed by atoms with van der Waals surface area (Å²) in [5, 5.41) is 0. The van der Waals surface area contributed by atoms with Crippen molar-refractivity contribution in [2.75, 3.05) is 45.9 Å². The quantitative estimate of drug-likeness (QED) is 0.776. The minimum atomic E-state index is -0.241. The Hall–Kier alpha value is -0.650. The summed E-state index contributed by atoms with van der Waals surface area (Å²) in [6.07, 6.45) is 4.56. The van der Waals surface area contributed by atoms with Gasteiger partial charge in [-0.25, -0.2) is 0 Å². The molecular weight excluding hydrogens is 290 g/mol. The monoisotopic (exact) mass is 327 g/mol. The van der Waals surface area contributed by atoms with E-state index in [0.717, 1.165) is 19.1 Å². The normalized spacial score (nSPS) is 20.3. The molecule has 2 aliphatic rings. The van der Waals surface area contributed by atoms with Crippen LogP contribution in [0.3, 0.4) is 0 Å². The summed E-state index contributed by atoms with van der Waals surface area (Å²) >= 11 is 0. The number of nitrogens with two attached hydrogens (primary N) is 1. The maximum Gasteiger partial charge on any atom is 0.219 e. The van der Waals surface area contributed by atoms with Gasteiger partial charge in [0, 0.05) is 45.2 Å². The standard InChI is InChI=1S/C14H28N2O.C4H9NO/c1-13(2)12-16-8-6-15(7-9-16)10-11-17-14-4-3-5-14;1-3(2)4(5)6/h13-14H,3-12H2,1-2H3;3H,1-2H3,(H2,5,6). The first kappa shape index (κ1) is 20.4. The number of nitrogens with zero attached hydrogens (tertiary/aromatic N) is 2. The van der Waals surface area contributed by atoms with Crippen molar-refractivity contribution in [3.05, 3.63) is 0 Å². The number of carbonyl (C=O) groups is 1. The van der Waals surface area contributed by atoms with E-state index in [9.17, 15) is 4.79 Å². The fourth-order valence-electron chi connectivity index (χ4n) is 2.60. The number of primary amides is 1. The molecule has 0 atom stereocenters. The van der Waals surface area contributed by atoms with Crippen LogP contribution < -0.4 is 5.73 Å². The van der Waals surface area contributed by atoms with E-state index < -0.39 is 0 Å². The molecule has 2 rings (SSSR count). The van der Waals surface area contributed by atoms with Crippen LogP contribution in [-0.4, -0.2) is 67.7 Å². The molecule has 1 saturated carbocycles. The first-order valence-corrected chi connectivity index (χ1v) is 9.24. The molecule has 1 heterocycles. The van der Waals surface area contributed by atoms with Gasteiger partial charge in [-0.05, 0) is 25.2 Å². The predicted octanol–water partition coefficient (Wildman–Crippen LogP) is 1.96. The van der Waals surface area contributed by atoms with Crippen molar-refractivity contribution in [1.82, 2.24) is 9.80 Å². The van der Waals surface area contributed by atoms with Gasteiger partial charge in [-0.15, -0.1) is 0 Å². The van der Waals surface area contributed by atoms with Gasteiger partial charge in [0.2, 0.25) is 5.91 Å². The molecule has 2 fully saturated rings. The zero-order valence-electron chi connectivity index (χ0n) is 15.6. The topological polar surface area (TPSA) is 58.8 Å². The van der Waals surface area contributed by atoms with Crippen molar-refractivity contribution in [3.63, 3.8) is 0 Å². The van der Waals surface area contributed by atoms with Gasteiger partial charge in [0.1, 0.15) is 0 Å². The molecule has 1 aliphatic carbocycles. The Morgan fingerprint density at radius 1 is 1.09 bits per heavy atom. The summed E-state index contributed by atoms with van der Waals surface area (Å²) in [5.74, 6) is 0.545. The van der Waals surface area contributed by atoms with Crippen molar-refractivity contribution in [2.45, 2.75) is 53.1 Å². The number of ether oxygens (including phenoxy) is 1. The average molecular weight is 328 g/mol. The second kappa shape index (κ2) is 11.0. The molecule has 2 N–H and O–H groups in total. The fraction of sp³-hybridized carbons (Fsp3) is 0.944. The summed E-state index contributed by atoms with van der Waals surface area (Å²) in [7, 11) is 0. The lowest BCUT2D eigenvalue weighted by Gasteiger charge is -2.36. The van der Waals surface area contributed by atoms with E-state index in [1.54, 1.807) is 13.8 Å². The van der Waals surface area contributed by atoms with Gasteiger partial charge < -0.3 is 15.4 Å². The van der Waals surface area contributed by atoms with Gasteiger partial charge in [0.05, 0.1) is 12.7 Å². The molecular formula is C18H37N3O2. The molecule has 0 bridgehead atoms. The lowest BCUT2D eigenvalue weighted by atomic mass is 9.96. The zero-order chi connectivity index (χ0) is 17.2. The van der Waals surface area contributed by atoms with Gasteiger partial charge in [-0.1, -0.05) is 27.7 Å². The SMILES string of the molecule is CC(C)C(N)=O.CC(C)CN1CCN(CCOC2CCC2)CC1. The van der Waals surface area contributed by atoms with Crippen LogP contribution in [-0.2, 0) is 9.53 Å². The highest BCUT2D eigenvalue weighted by Crippen LogP contribution is 2.21. The second-order valence-corrected chi connectivity index (χ2v) is 7.52. The molecule has 5 heteroatoms. The van der Waals surface area contributed by atoms with Crippen LogP contribution in [0.4, 0.5) is 0 Å². The number of amides is 1. The fourth-order valence-corrected chi connectivity index (χ4v) is 2.60. The molecule has 1 amide bonds. The minimum Gasteiger partial charge on any atom is -0.377 e. The maximum atomic E-state index is 9.92. The highest BCUT2D eigenvalue weighted by molar-refractivity contribution is 5.75. The van der Waals surface area contributed by atoms with E-state index in [1.807, 2.05) is 0 Å². The van der Waals surface area contributed by atoms with Gasteiger partial charge in [-0.3, -0.25) is 9.69 Å². The first-order chi connectivity index (χ1) is 10.9. The number of hydrogen-bond acceptors (Lipinski definition) is 4. The Morgan fingerprint density at radius 2 is 1.61 bits per heavy atom. The van der Waals surface area contributed by atoms with Crippen molar-refractivity contribution >= 4 is 5.91 Å². The predicted molar refractivity (Wildman–Crippen MR) is 95.3 cm³/mol. The molecule has 23 heavy (non-hydrogen) atoms. The largest absolute Gasteiger partial charge is 0.377 e. The zero-order valence-corrected chi connectivity index (χ0v) is 15.6. The van der Waals surface area contributed by atoms with Crippen LogP contribution in [0.15, 0.2) is 0 Å². The Bertz CT molecular complexity index is 322. The Morgan fingerprint density at radius 3 is 2.00 bits per heavy atom. The molecule has 0 unspecified atom stereocenters. The molecule has 1 saturated heterocycles. The number of piperazine rings is 1. The minimum absolute atomic E-state index is 0.00926. The Kier molecular flexibility index (Phi) is 9.75. The summed E-state index contributed by atoms with van der Waals surface area (Å²) in [5.41, 5.74) is 4.80. The Labute approximate surface area is 142 Å². The van der Waals surface area contributed by atoms with Crippen molar-refractivity contribution in [3.8, 4) is 0 Å². The highest BCUT2D eigenvalue weighted by atomic mass is 16.5. The molecule has 136 valence electrons. The van der Waals surface area contributed by atoms with E-state index in [1.165, 1.54) is 52.0 Å². The maximum absolute atomic E-state index is 9.92. The van der Waals surface area contributed by atoms with Gasteiger partial charge in [0.15, 0.2) is 0 Å². The number of hydrogen-bond donors (Lipinski definition) is 1. The lowest BCUT2D eigenvalue weighted by Crippen LogP contribution is -2.48. The first-order valence-electron chi connectivity index (χ1n) is 9.24. The summed E-state index contributed by atoms with van der Waals surface area (Å²) in [6.45, 7) is 16.4. The van der Waals surface area contributed by atoms with Gasteiger partial charge in [0.25, 0.3) is 0 Å². The number of carbonyl (C=O) groups excluding carboxylic acids is 1. The lowest BCUT2D eigenvalue weighted by molar-refractivity contribution is -0.120. The van der Waals surface area contributed by atoms with Crippen molar-refractivity contribution in [1.29, 1.82) is 0 Å². The molecule has 5 nitrogen and oxygen atoms in total. The van der Waals surface area contributed by atoms with Crippen molar-refractivity contribution < 1.29 is 9.53 Å². The summed E-state index contributed by atoms with van der Waals surface area (Å²) in [4.78, 5) is 15.1. The second-order valence-electron chi connectivity index (χ2n) is 7.52. The highest BCUT2D eigenvalue weighted by Gasteiger charge is 2.20. The molecule has 0 aromatic rings. The third-order valence-electron chi connectivity index (χ3n) is 4.47.